The van der Waals surface area contributed by atoms with Crippen molar-refractivity contribution in [3.8, 4) is 17.4 Å². The number of pyridine rings is 1. The molecule has 0 saturated carbocycles. The van der Waals surface area contributed by atoms with Crippen LogP contribution in [0.5, 0.6) is 5.88 Å². The van der Waals surface area contributed by atoms with Gasteiger partial charge in [-0.15, -0.1) is 0 Å². The van der Waals surface area contributed by atoms with E-state index in [1.54, 1.807) is 17.9 Å². The minimum Gasteiger partial charge on any atom is -0.477 e. The van der Waals surface area contributed by atoms with Gasteiger partial charge in [0.15, 0.2) is 5.82 Å². The number of alkyl halides is 3. The molecule has 0 unspecified atom stereocenters. The van der Waals surface area contributed by atoms with Gasteiger partial charge in [0.2, 0.25) is 5.88 Å². The average molecular weight is 462 g/mol. The van der Waals surface area contributed by atoms with Gasteiger partial charge in [-0.05, 0) is 30.9 Å². The summed E-state index contributed by atoms with van der Waals surface area (Å²) in [6.07, 6.45) is 1.16. The van der Waals surface area contributed by atoms with E-state index in [2.05, 4.69) is 25.3 Å². The molecule has 0 atom stereocenters. The molecule has 33 heavy (non-hydrogen) atoms. The Morgan fingerprint density at radius 2 is 2.06 bits per heavy atom. The third-order valence-electron chi connectivity index (χ3n) is 5.10. The highest BCUT2D eigenvalue weighted by molar-refractivity contribution is 6.03. The molecule has 1 aliphatic heterocycles. The van der Waals surface area contributed by atoms with E-state index in [1.165, 1.54) is 18.3 Å². The maximum absolute atomic E-state index is 12.9. The number of hydrogen-bond donors (Lipinski definition) is 1. The van der Waals surface area contributed by atoms with E-state index in [9.17, 15) is 18.0 Å². The van der Waals surface area contributed by atoms with E-state index in [-0.39, 0.29) is 23.1 Å². The van der Waals surface area contributed by atoms with Crippen molar-refractivity contribution in [3.05, 3.63) is 48.3 Å². The molecule has 9 nitrogen and oxygen atoms in total. The van der Waals surface area contributed by atoms with Crippen LogP contribution in [0, 0.1) is 5.92 Å². The first-order valence-corrected chi connectivity index (χ1v) is 10.2. The summed E-state index contributed by atoms with van der Waals surface area (Å²) < 4.78 is 51.7. The maximum Gasteiger partial charge on any atom is 0.433 e. The summed E-state index contributed by atoms with van der Waals surface area (Å²) in [5.41, 5.74) is -0.691. The van der Waals surface area contributed by atoms with E-state index in [1.807, 2.05) is 0 Å². The van der Waals surface area contributed by atoms with Crippen LogP contribution in [0.25, 0.3) is 11.5 Å². The highest BCUT2D eigenvalue weighted by Gasteiger charge is 2.32. The standard InChI is InChI=1S/C21H21F3N6O3/c1-30-12-25-10-16(30)19-28-15(9-18(29-19)33-11-13-3-6-32-7-4-13)20(31)27-14-2-5-26-17(8-14)21(22,23)24/h2,5,8-10,12-13H,3-4,6-7,11H2,1H3,(H,26,27,31). The molecule has 1 fully saturated rings. The SMILES string of the molecule is Cn1cncc1-c1nc(OCC2CCOCC2)cc(C(=O)Nc2ccnc(C(F)(F)F)c2)n1. The molecule has 4 heterocycles. The van der Waals surface area contributed by atoms with Gasteiger partial charge < -0.3 is 19.4 Å². The van der Waals surface area contributed by atoms with Gasteiger partial charge in [-0.3, -0.25) is 9.78 Å². The average Bonchev–Trinajstić information content (AvgIpc) is 3.24. The normalized spacial score (nSPS) is 14.8. The van der Waals surface area contributed by atoms with Crippen molar-refractivity contribution in [3.63, 3.8) is 0 Å². The molecule has 3 aromatic rings. The Morgan fingerprint density at radius 1 is 1.27 bits per heavy atom. The summed E-state index contributed by atoms with van der Waals surface area (Å²) in [6.45, 7) is 1.72. The van der Waals surface area contributed by atoms with Crippen LogP contribution in [0.4, 0.5) is 18.9 Å². The first-order chi connectivity index (χ1) is 15.8. The first kappa shape index (κ1) is 22.6. The Hall–Kier alpha value is -3.54. The van der Waals surface area contributed by atoms with Crippen LogP contribution in [0.3, 0.4) is 0 Å². The van der Waals surface area contributed by atoms with Crippen LogP contribution in [-0.2, 0) is 18.0 Å². The number of carbonyl (C=O) groups excluding carboxylic acids is 1. The quantitative estimate of drug-likeness (QED) is 0.599. The summed E-state index contributed by atoms with van der Waals surface area (Å²) in [7, 11) is 1.75. The number of amides is 1. The van der Waals surface area contributed by atoms with Gasteiger partial charge in [0.05, 0.1) is 19.1 Å². The number of anilines is 1. The zero-order chi connectivity index (χ0) is 23.4. The number of aromatic nitrogens is 5. The van der Waals surface area contributed by atoms with Crippen LogP contribution >= 0.6 is 0 Å². The van der Waals surface area contributed by atoms with Crippen molar-refractivity contribution >= 4 is 11.6 Å². The van der Waals surface area contributed by atoms with E-state index in [4.69, 9.17) is 9.47 Å². The smallest absolute Gasteiger partial charge is 0.433 e. The fourth-order valence-electron chi connectivity index (χ4n) is 3.28. The lowest BCUT2D eigenvalue weighted by Gasteiger charge is -2.22. The highest BCUT2D eigenvalue weighted by atomic mass is 19.4. The second-order valence-corrected chi connectivity index (χ2v) is 7.55. The lowest BCUT2D eigenvalue weighted by atomic mass is 10.0. The van der Waals surface area contributed by atoms with E-state index >= 15 is 0 Å². The largest absolute Gasteiger partial charge is 0.477 e. The highest BCUT2D eigenvalue weighted by Crippen LogP contribution is 2.29. The molecule has 0 aromatic carbocycles. The number of halogens is 3. The minimum atomic E-state index is -4.63. The van der Waals surface area contributed by atoms with Gasteiger partial charge in [0.25, 0.3) is 5.91 Å². The van der Waals surface area contributed by atoms with E-state index in [0.29, 0.717) is 31.4 Å². The van der Waals surface area contributed by atoms with Gasteiger partial charge in [0, 0.05) is 38.2 Å². The zero-order valence-corrected chi connectivity index (χ0v) is 17.7. The van der Waals surface area contributed by atoms with Crippen molar-refractivity contribution in [2.75, 3.05) is 25.1 Å². The molecule has 1 saturated heterocycles. The van der Waals surface area contributed by atoms with Gasteiger partial charge >= 0.3 is 6.18 Å². The fourth-order valence-corrected chi connectivity index (χ4v) is 3.28. The first-order valence-electron chi connectivity index (χ1n) is 10.2. The zero-order valence-electron chi connectivity index (χ0n) is 17.7. The number of ether oxygens (including phenoxy) is 2. The second-order valence-electron chi connectivity index (χ2n) is 7.55. The summed E-state index contributed by atoms with van der Waals surface area (Å²) in [5, 5.41) is 2.43. The summed E-state index contributed by atoms with van der Waals surface area (Å²) in [5.74, 6) is -0.0290. The lowest BCUT2D eigenvalue weighted by Crippen LogP contribution is -2.22. The molecule has 0 radical (unpaired) electrons. The van der Waals surface area contributed by atoms with Crippen molar-refractivity contribution in [1.29, 1.82) is 0 Å². The van der Waals surface area contributed by atoms with Crippen molar-refractivity contribution in [2.45, 2.75) is 19.0 Å². The molecule has 4 rings (SSSR count). The predicted octanol–water partition coefficient (Wildman–Crippen LogP) is 3.35. The number of nitrogens with zero attached hydrogens (tertiary/aromatic N) is 5. The second kappa shape index (κ2) is 9.53. The summed E-state index contributed by atoms with van der Waals surface area (Å²) in [6, 6.07) is 3.38. The maximum atomic E-state index is 12.9. The molecule has 12 heteroatoms. The summed E-state index contributed by atoms with van der Waals surface area (Å²) in [4.78, 5) is 28.8. The fraction of sp³-hybridized carbons (Fsp3) is 0.381. The number of imidazole rings is 1. The molecule has 0 bridgehead atoms. The number of rotatable bonds is 6. The Labute approximate surface area is 187 Å². The Kier molecular flexibility index (Phi) is 6.54. The van der Waals surface area contributed by atoms with Crippen molar-refractivity contribution in [2.24, 2.45) is 13.0 Å². The van der Waals surface area contributed by atoms with Crippen LogP contribution in [0.2, 0.25) is 0 Å². The molecule has 1 aliphatic rings. The monoisotopic (exact) mass is 462 g/mol. The molecule has 1 N–H and O–H groups in total. The van der Waals surface area contributed by atoms with Crippen LogP contribution in [0.1, 0.15) is 29.0 Å². The minimum absolute atomic E-state index is 0.0615. The molecule has 1 amide bonds. The molecule has 3 aromatic heterocycles. The number of carbonyl (C=O) groups is 1. The number of nitrogens with one attached hydrogen (secondary N) is 1. The molecular weight excluding hydrogens is 441 g/mol. The Balaban J connectivity index is 1.59. The Bertz CT molecular complexity index is 1130. The van der Waals surface area contributed by atoms with Crippen LogP contribution in [0.15, 0.2) is 36.9 Å². The molecule has 0 spiro atoms. The molecule has 174 valence electrons. The number of hydrogen-bond acceptors (Lipinski definition) is 7. The van der Waals surface area contributed by atoms with Gasteiger partial charge in [0.1, 0.15) is 17.1 Å². The topological polar surface area (TPSA) is 104 Å². The van der Waals surface area contributed by atoms with Crippen LogP contribution < -0.4 is 10.1 Å². The van der Waals surface area contributed by atoms with Gasteiger partial charge in [-0.25, -0.2) is 9.97 Å². The van der Waals surface area contributed by atoms with Gasteiger partial charge in [-0.2, -0.15) is 18.2 Å². The van der Waals surface area contributed by atoms with Gasteiger partial charge in [-0.1, -0.05) is 0 Å². The number of aryl methyl sites for hydroxylation is 1. The summed E-state index contributed by atoms with van der Waals surface area (Å²) >= 11 is 0. The van der Waals surface area contributed by atoms with Crippen LogP contribution in [-0.4, -0.2) is 50.2 Å². The van der Waals surface area contributed by atoms with E-state index in [0.717, 1.165) is 25.1 Å². The molecule has 0 aliphatic carbocycles. The third-order valence-corrected chi connectivity index (χ3v) is 5.10. The van der Waals surface area contributed by atoms with E-state index < -0.39 is 17.8 Å². The Morgan fingerprint density at radius 3 is 2.76 bits per heavy atom. The van der Waals surface area contributed by atoms with Crippen molar-refractivity contribution in [1.82, 2.24) is 24.5 Å². The lowest BCUT2D eigenvalue weighted by molar-refractivity contribution is -0.141. The van der Waals surface area contributed by atoms with Crippen molar-refractivity contribution < 1.29 is 27.4 Å². The third kappa shape index (κ3) is 5.64. The molecular formula is C21H21F3N6O3. The predicted molar refractivity (Wildman–Crippen MR) is 110 cm³/mol.